The van der Waals surface area contributed by atoms with E-state index in [1.54, 1.807) is 45.9 Å². The molecule has 0 aromatic heterocycles. The average molecular weight is 336 g/mol. The van der Waals surface area contributed by atoms with Crippen molar-refractivity contribution in [3.8, 4) is 0 Å². The van der Waals surface area contributed by atoms with Crippen molar-refractivity contribution < 1.29 is 19.1 Å². The Kier molecular flexibility index (Phi) is 7.54. The van der Waals surface area contributed by atoms with Crippen molar-refractivity contribution in [2.24, 2.45) is 0 Å². The van der Waals surface area contributed by atoms with Crippen molar-refractivity contribution in [3.63, 3.8) is 0 Å². The van der Waals surface area contributed by atoms with Crippen LogP contribution in [-0.4, -0.2) is 37.2 Å². The second kappa shape index (κ2) is 9.39. The smallest absolute Gasteiger partial charge is 0.411 e. The Morgan fingerprint density at radius 2 is 1.83 bits per heavy atom. The quantitative estimate of drug-likeness (QED) is 0.637. The zero-order valence-corrected chi connectivity index (χ0v) is 14.4. The highest BCUT2D eigenvalue weighted by Crippen LogP contribution is 2.24. The molecule has 0 spiro atoms. The molecule has 8 heteroatoms. The Labute approximate surface area is 141 Å². The number of carbonyl (C=O) groups excluding carboxylic acids is 3. The molecule has 4 amide bonds. The first-order valence-electron chi connectivity index (χ1n) is 7.77. The number of urea groups is 1. The summed E-state index contributed by atoms with van der Waals surface area (Å²) in [6.07, 6.45) is -0.542. The molecule has 4 N–H and O–H groups in total. The predicted molar refractivity (Wildman–Crippen MR) is 92.1 cm³/mol. The minimum atomic E-state index is -0.635. The topological polar surface area (TPSA) is 109 Å². The first kappa shape index (κ1) is 19.3. The Hall–Kier alpha value is -2.77. The molecule has 24 heavy (non-hydrogen) atoms. The Balaban J connectivity index is 2.75. The maximum absolute atomic E-state index is 12.0. The zero-order chi connectivity index (χ0) is 18.1. The lowest BCUT2D eigenvalue weighted by Crippen LogP contribution is -2.45. The lowest BCUT2D eigenvalue weighted by molar-refractivity contribution is -0.120. The van der Waals surface area contributed by atoms with E-state index in [9.17, 15) is 14.4 Å². The minimum absolute atomic E-state index is 0.278. The fourth-order valence-electron chi connectivity index (χ4n) is 1.93. The summed E-state index contributed by atoms with van der Waals surface area (Å²) < 4.78 is 4.85. The molecule has 0 heterocycles. The van der Waals surface area contributed by atoms with Crippen molar-refractivity contribution in [2.45, 2.75) is 33.7 Å². The van der Waals surface area contributed by atoms with E-state index >= 15 is 0 Å². The molecule has 0 unspecified atom stereocenters. The van der Waals surface area contributed by atoms with Crippen LogP contribution in [0.15, 0.2) is 18.2 Å². The van der Waals surface area contributed by atoms with Crippen molar-refractivity contribution in [1.29, 1.82) is 0 Å². The lowest BCUT2D eigenvalue weighted by atomic mass is 10.1. The monoisotopic (exact) mass is 336 g/mol. The normalized spacial score (nSPS) is 11.2. The van der Waals surface area contributed by atoms with Gasteiger partial charge in [-0.1, -0.05) is 6.07 Å². The van der Waals surface area contributed by atoms with Crippen LogP contribution in [0.4, 0.5) is 21.0 Å². The number of nitrogens with one attached hydrogen (secondary N) is 4. The molecule has 0 saturated carbocycles. The second-order valence-electron chi connectivity index (χ2n) is 5.04. The number of amides is 4. The lowest BCUT2D eigenvalue weighted by Gasteiger charge is -2.18. The Morgan fingerprint density at radius 1 is 1.17 bits per heavy atom. The Morgan fingerprint density at radius 3 is 2.46 bits per heavy atom. The van der Waals surface area contributed by atoms with E-state index in [-0.39, 0.29) is 6.61 Å². The van der Waals surface area contributed by atoms with E-state index in [0.717, 1.165) is 5.56 Å². The third-order valence-electron chi connectivity index (χ3n) is 3.19. The number of ether oxygens (including phenoxy) is 1. The maximum atomic E-state index is 12.0. The van der Waals surface area contributed by atoms with Gasteiger partial charge in [0.2, 0.25) is 5.91 Å². The van der Waals surface area contributed by atoms with Gasteiger partial charge in [-0.25, -0.2) is 9.59 Å². The number of anilines is 2. The molecule has 0 aliphatic rings. The van der Waals surface area contributed by atoms with Gasteiger partial charge < -0.3 is 15.4 Å². The maximum Gasteiger partial charge on any atom is 0.411 e. The van der Waals surface area contributed by atoms with Crippen LogP contribution in [0, 0.1) is 6.92 Å². The zero-order valence-electron chi connectivity index (χ0n) is 14.4. The average Bonchev–Trinajstić information content (AvgIpc) is 2.51. The largest absolute Gasteiger partial charge is 0.450 e. The summed E-state index contributed by atoms with van der Waals surface area (Å²) in [6.45, 7) is 7.63. The van der Waals surface area contributed by atoms with E-state index in [0.29, 0.717) is 17.9 Å². The summed E-state index contributed by atoms with van der Waals surface area (Å²) in [5.74, 6) is -0.455. The summed E-state index contributed by atoms with van der Waals surface area (Å²) in [7, 11) is 0. The number of hydrogen-bond donors (Lipinski definition) is 4. The molecule has 0 aliphatic heterocycles. The Bertz CT molecular complexity index is 604. The van der Waals surface area contributed by atoms with E-state index in [4.69, 9.17) is 4.74 Å². The van der Waals surface area contributed by atoms with Gasteiger partial charge in [-0.15, -0.1) is 0 Å². The SMILES string of the molecule is CCNC(=O)NC(=O)[C@H](C)Nc1cccc(NC(=O)OCC)c1C. The molecule has 0 saturated heterocycles. The fraction of sp³-hybridized carbons (Fsp3) is 0.438. The van der Waals surface area contributed by atoms with Gasteiger partial charge in [0.25, 0.3) is 0 Å². The molecular weight excluding hydrogens is 312 g/mol. The van der Waals surface area contributed by atoms with Gasteiger partial charge in [-0.2, -0.15) is 0 Å². The van der Waals surface area contributed by atoms with E-state index in [1.807, 2.05) is 0 Å². The van der Waals surface area contributed by atoms with Crippen molar-refractivity contribution in [2.75, 3.05) is 23.8 Å². The number of hydrogen-bond acceptors (Lipinski definition) is 5. The van der Waals surface area contributed by atoms with Gasteiger partial charge in [0.1, 0.15) is 6.04 Å². The van der Waals surface area contributed by atoms with Gasteiger partial charge in [-0.05, 0) is 45.4 Å². The highest BCUT2D eigenvalue weighted by atomic mass is 16.5. The summed E-state index contributed by atoms with van der Waals surface area (Å²) >= 11 is 0. The van der Waals surface area contributed by atoms with Gasteiger partial charge in [0.05, 0.1) is 6.61 Å². The van der Waals surface area contributed by atoms with Gasteiger partial charge >= 0.3 is 12.1 Å². The van der Waals surface area contributed by atoms with Crippen LogP contribution >= 0.6 is 0 Å². The molecule has 1 atom stereocenters. The molecule has 8 nitrogen and oxygen atoms in total. The van der Waals surface area contributed by atoms with Crippen molar-refractivity contribution >= 4 is 29.4 Å². The van der Waals surface area contributed by atoms with Crippen LogP contribution < -0.4 is 21.3 Å². The van der Waals surface area contributed by atoms with Gasteiger partial charge in [0, 0.05) is 17.9 Å². The molecular formula is C16H24N4O4. The van der Waals surface area contributed by atoms with Crippen LogP contribution in [0.2, 0.25) is 0 Å². The van der Waals surface area contributed by atoms with E-state index in [2.05, 4.69) is 21.3 Å². The fourth-order valence-corrected chi connectivity index (χ4v) is 1.93. The van der Waals surface area contributed by atoms with Crippen LogP contribution in [-0.2, 0) is 9.53 Å². The van der Waals surface area contributed by atoms with Crippen molar-refractivity contribution in [1.82, 2.24) is 10.6 Å². The molecule has 0 fully saturated rings. The number of benzene rings is 1. The standard InChI is InChI=1S/C16H24N4O4/c1-5-17-15(22)20-14(21)11(4)18-12-8-7-9-13(10(12)3)19-16(23)24-6-2/h7-9,11,18H,5-6H2,1-4H3,(H,19,23)(H2,17,20,21,22)/t11-/m0/s1. The molecule has 1 aromatic carbocycles. The molecule has 0 aliphatic carbocycles. The van der Waals surface area contributed by atoms with Gasteiger partial charge in [-0.3, -0.25) is 15.4 Å². The molecule has 0 bridgehead atoms. The van der Waals surface area contributed by atoms with E-state index in [1.165, 1.54) is 0 Å². The third-order valence-corrected chi connectivity index (χ3v) is 3.19. The van der Waals surface area contributed by atoms with Gasteiger partial charge in [0.15, 0.2) is 0 Å². The highest BCUT2D eigenvalue weighted by molar-refractivity contribution is 5.98. The number of carbonyl (C=O) groups is 3. The van der Waals surface area contributed by atoms with Crippen LogP contribution in [0.5, 0.6) is 0 Å². The summed E-state index contributed by atoms with van der Waals surface area (Å²) in [5.41, 5.74) is 2.00. The second-order valence-corrected chi connectivity index (χ2v) is 5.04. The summed E-state index contributed by atoms with van der Waals surface area (Å²) in [5, 5.41) is 10.4. The first-order valence-corrected chi connectivity index (χ1v) is 7.77. The number of imide groups is 1. The predicted octanol–water partition coefficient (Wildman–Crippen LogP) is 2.21. The molecule has 132 valence electrons. The molecule has 1 rings (SSSR count). The summed E-state index contributed by atoms with van der Waals surface area (Å²) in [4.78, 5) is 34.9. The third kappa shape index (κ3) is 5.79. The number of rotatable bonds is 6. The van der Waals surface area contributed by atoms with E-state index < -0.39 is 24.1 Å². The van der Waals surface area contributed by atoms with Crippen molar-refractivity contribution in [3.05, 3.63) is 23.8 Å². The van der Waals surface area contributed by atoms with Crippen LogP contribution in [0.25, 0.3) is 0 Å². The first-order chi connectivity index (χ1) is 11.4. The molecule has 1 aromatic rings. The van der Waals surface area contributed by atoms with Crippen LogP contribution in [0.3, 0.4) is 0 Å². The summed E-state index contributed by atoms with van der Waals surface area (Å²) in [6, 6.07) is 4.08. The van der Waals surface area contributed by atoms with Crippen LogP contribution in [0.1, 0.15) is 26.3 Å². The minimum Gasteiger partial charge on any atom is -0.450 e. The highest BCUT2D eigenvalue weighted by Gasteiger charge is 2.17. The molecule has 0 radical (unpaired) electrons.